The van der Waals surface area contributed by atoms with E-state index >= 15 is 0 Å². The zero-order chi connectivity index (χ0) is 18.1. The molecule has 1 N–H and O–H groups in total. The number of ether oxygens (including phenoxy) is 1. The molecule has 3 heteroatoms. The van der Waals surface area contributed by atoms with Gasteiger partial charge in [-0.05, 0) is 57.5 Å². The van der Waals surface area contributed by atoms with Crippen molar-refractivity contribution in [3.05, 3.63) is 65.4 Å². The van der Waals surface area contributed by atoms with Crippen molar-refractivity contribution in [3.8, 4) is 5.75 Å². The van der Waals surface area contributed by atoms with Gasteiger partial charge in [-0.1, -0.05) is 18.2 Å². The van der Waals surface area contributed by atoms with Crippen LogP contribution in [0.2, 0.25) is 0 Å². The average molecular weight is 347 g/mol. The Kier molecular flexibility index (Phi) is 4.41. The molecular weight excluding hydrogens is 320 g/mol. The fourth-order valence-corrected chi connectivity index (χ4v) is 4.45. The lowest BCUT2D eigenvalue weighted by Crippen LogP contribution is -3.05. The van der Waals surface area contributed by atoms with Gasteiger partial charge in [0, 0.05) is 23.8 Å². The molecule has 2 aromatic carbocycles. The third-order valence-electron chi connectivity index (χ3n) is 5.56. The summed E-state index contributed by atoms with van der Waals surface area (Å²) in [6.07, 6.45) is 4.41. The van der Waals surface area contributed by atoms with Crippen molar-refractivity contribution in [2.45, 2.75) is 39.0 Å². The van der Waals surface area contributed by atoms with Crippen molar-refractivity contribution in [1.29, 1.82) is 0 Å². The first kappa shape index (κ1) is 17.0. The fourth-order valence-electron chi connectivity index (χ4n) is 4.45. The molecule has 1 atom stereocenters. The van der Waals surface area contributed by atoms with E-state index in [1.165, 1.54) is 40.4 Å². The van der Waals surface area contributed by atoms with Crippen LogP contribution in [0.15, 0.2) is 64.8 Å². The summed E-state index contributed by atoms with van der Waals surface area (Å²) in [5.74, 6) is 0.897. The third-order valence-corrected chi connectivity index (χ3v) is 5.56. The van der Waals surface area contributed by atoms with Crippen molar-refractivity contribution in [2.24, 2.45) is 4.99 Å². The van der Waals surface area contributed by atoms with Gasteiger partial charge in [0.25, 0.3) is 0 Å². The van der Waals surface area contributed by atoms with Crippen molar-refractivity contribution in [1.82, 2.24) is 0 Å². The first-order chi connectivity index (χ1) is 12.6. The molecule has 3 nitrogen and oxygen atoms in total. The summed E-state index contributed by atoms with van der Waals surface area (Å²) in [6.45, 7) is 8.57. The predicted molar refractivity (Wildman–Crippen MR) is 107 cm³/mol. The van der Waals surface area contributed by atoms with Crippen LogP contribution in [0.4, 0.5) is 11.4 Å². The number of allylic oxidation sites excluding steroid dienone is 2. The highest BCUT2D eigenvalue weighted by molar-refractivity contribution is 5.83. The third kappa shape index (κ3) is 2.86. The molecule has 2 aromatic rings. The largest absolute Gasteiger partial charge is 0.494 e. The Morgan fingerprint density at radius 3 is 2.65 bits per heavy atom. The maximum atomic E-state index is 5.51. The van der Waals surface area contributed by atoms with Crippen LogP contribution in [0.25, 0.3) is 0 Å². The first-order valence-electron chi connectivity index (χ1n) is 9.58. The van der Waals surface area contributed by atoms with E-state index in [0.717, 1.165) is 17.9 Å². The van der Waals surface area contributed by atoms with E-state index in [1.807, 2.05) is 31.2 Å². The summed E-state index contributed by atoms with van der Waals surface area (Å²) in [7, 11) is 0. The number of nitrogens with one attached hydrogen (secondary N) is 1. The molecule has 1 unspecified atom stereocenters. The molecule has 2 aliphatic heterocycles. The molecule has 0 saturated heterocycles. The van der Waals surface area contributed by atoms with Crippen LogP contribution in [0.5, 0.6) is 5.75 Å². The van der Waals surface area contributed by atoms with Gasteiger partial charge in [0.15, 0.2) is 0 Å². The van der Waals surface area contributed by atoms with Gasteiger partial charge in [-0.25, -0.2) is 0 Å². The quantitative estimate of drug-likeness (QED) is 0.818. The van der Waals surface area contributed by atoms with Crippen molar-refractivity contribution in [2.75, 3.05) is 13.2 Å². The van der Waals surface area contributed by atoms with E-state index in [1.54, 1.807) is 0 Å². The molecule has 0 spiro atoms. The summed E-state index contributed by atoms with van der Waals surface area (Å²) in [5.41, 5.74) is 6.83. The average Bonchev–Trinajstić information content (AvgIpc) is 2.90. The van der Waals surface area contributed by atoms with Gasteiger partial charge in [-0.2, -0.15) is 0 Å². The molecule has 134 valence electrons. The smallest absolute Gasteiger partial charge is 0.140 e. The summed E-state index contributed by atoms with van der Waals surface area (Å²) in [6, 6.07) is 16.9. The predicted octanol–water partition coefficient (Wildman–Crippen LogP) is 4.34. The van der Waals surface area contributed by atoms with Crippen LogP contribution in [0.3, 0.4) is 0 Å². The molecule has 0 fully saturated rings. The topological polar surface area (TPSA) is 26.0 Å². The Morgan fingerprint density at radius 1 is 1.12 bits per heavy atom. The van der Waals surface area contributed by atoms with Gasteiger partial charge in [-0.3, -0.25) is 9.89 Å². The van der Waals surface area contributed by atoms with Gasteiger partial charge in [-0.15, -0.1) is 0 Å². The van der Waals surface area contributed by atoms with Gasteiger partial charge >= 0.3 is 0 Å². The van der Waals surface area contributed by atoms with Gasteiger partial charge < -0.3 is 4.74 Å². The van der Waals surface area contributed by atoms with E-state index in [0.29, 0.717) is 6.61 Å². The lowest BCUT2D eigenvalue weighted by Gasteiger charge is -2.27. The minimum Gasteiger partial charge on any atom is -0.494 e. The van der Waals surface area contributed by atoms with Crippen molar-refractivity contribution < 1.29 is 9.64 Å². The molecule has 26 heavy (non-hydrogen) atoms. The second kappa shape index (κ2) is 6.73. The number of rotatable bonds is 4. The van der Waals surface area contributed by atoms with Crippen molar-refractivity contribution >= 4 is 17.6 Å². The highest BCUT2D eigenvalue weighted by Gasteiger charge is 2.47. The zero-order valence-electron chi connectivity index (χ0n) is 15.9. The summed E-state index contributed by atoms with van der Waals surface area (Å²) in [5, 5.41) is 0. The molecule has 0 amide bonds. The van der Waals surface area contributed by atoms with Crippen LogP contribution in [0.1, 0.15) is 39.2 Å². The van der Waals surface area contributed by atoms with Crippen LogP contribution in [-0.4, -0.2) is 19.4 Å². The van der Waals surface area contributed by atoms with E-state index < -0.39 is 0 Å². The molecule has 0 aromatic heterocycles. The highest BCUT2D eigenvalue weighted by Crippen LogP contribution is 2.41. The number of hydrogen-bond donors (Lipinski definition) is 1. The van der Waals surface area contributed by atoms with Crippen molar-refractivity contribution in [3.63, 3.8) is 0 Å². The second-order valence-corrected chi connectivity index (χ2v) is 7.59. The molecule has 0 saturated carbocycles. The number of hydrogen-bond acceptors (Lipinski definition) is 2. The number of para-hydroxylation sites is 1. The lowest BCUT2D eigenvalue weighted by molar-refractivity contribution is -0.792. The molecule has 4 rings (SSSR count). The highest BCUT2D eigenvalue weighted by atomic mass is 16.5. The Balaban J connectivity index is 1.68. The zero-order valence-corrected chi connectivity index (χ0v) is 15.9. The van der Waals surface area contributed by atoms with E-state index in [-0.39, 0.29) is 5.41 Å². The summed E-state index contributed by atoms with van der Waals surface area (Å²) >= 11 is 0. The summed E-state index contributed by atoms with van der Waals surface area (Å²) < 4.78 is 5.51. The number of aliphatic imine (C=N–C) groups is 1. The summed E-state index contributed by atoms with van der Waals surface area (Å²) in [4.78, 5) is 6.30. The molecular formula is C23H27N2O+. The molecule has 0 radical (unpaired) electrons. The van der Waals surface area contributed by atoms with Crippen LogP contribution in [0, 0.1) is 0 Å². The maximum Gasteiger partial charge on any atom is 0.140 e. The first-order valence-corrected chi connectivity index (χ1v) is 9.58. The van der Waals surface area contributed by atoms with E-state index in [4.69, 9.17) is 9.73 Å². The lowest BCUT2D eigenvalue weighted by atomic mass is 9.81. The number of quaternary nitrogens is 1. The van der Waals surface area contributed by atoms with E-state index in [9.17, 15) is 0 Å². The Labute approximate surface area is 156 Å². The molecule has 0 bridgehead atoms. The van der Waals surface area contributed by atoms with Gasteiger partial charge in [0.1, 0.15) is 17.1 Å². The van der Waals surface area contributed by atoms with Crippen LogP contribution < -0.4 is 9.64 Å². The van der Waals surface area contributed by atoms with Gasteiger partial charge in [0.2, 0.25) is 0 Å². The molecule has 2 heterocycles. The number of nitrogens with zero attached hydrogens (tertiary/aromatic N) is 1. The second-order valence-electron chi connectivity index (χ2n) is 7.59. The number of fused-ring (bicyclic) bond motifs is 3. The monoisotopic (exact) mass is 347 g/mol. The Morgan fingerprint density at radius 2 is 1.88 bits per heavy atom. The maximum absolute atomic E-state index is 5.51. The Hall–Kier alpha value is -2.39. The normalized spacial score (nSPS) is 21.0. The minimum absolute atomic E-state index is 0.0620. The van der Waals surface area contributed by atoms with E-state index in [2.05, 4.69) is 44.3 Å². The minimum atomic E-state index is 0.0620. The fraction of sp³-hybridized carbons (Fsp3) is 0.348. The van der Waals surface area contributed by atoms with Gasteiger partial charge in [0.05, 0.1) is 24.3 Å². The molecule has 2 aliphatic rings. The standard InChI is InChI=1S/C23H26N2O/c1-4-26-19-13-11-18(12-14-19)24-16-17-8-7-15-25-21-10-6-5-9-20(21)23(2,3)22(17)25/h5-6,9-14,16H,4,7-8,15H2,1-3H3/p+1. The number of benzene rings is 2. The van der Waals surface area contributed by atoms with Crippen LogP contribution >= 0.6 is 0 Å². The Bertz CT molecular complexity index is 862. The molecule has 0 aliphatic carbocycles. The SMILES string of the molecule is CCOc1ccc(N=CC2=C3[NH+](CCC2)c2ccccc2C3(C)C)cc1. The van der Waals surface area contributed by atoms with Crippen LogP contribution in [-0.2, 0) is 5.41 Å².